The van der Waals surface area contributed by atoms with Gasteiger partial charge in [-0.1, -0.05) is 15.9 Å². The lowest BCUT2D eigenvalue weighted by Crippen LogP contribution is -2.61. The third kappa shape index (κ3) is 3.47. The van der Waals surface area contributed by atoms with Crippen LogP contribution < -0.4 is 10.6 Å². The number of benzene rings is 1. The van der Waals surface area contributed by atoms with Crippen molar-refractivity contribution < 1.29 is 14.4 Å². The molecular formula is C22H26BrN3O3. The molecule has 6 nitrogen and oxygen atoms in total. The van der Waals surface area contributed by atoms with E-state index in [1.807, 2.05) is 0 Å². The first-order valence-corrected chi connectivity index (χ1v) is 11.4. The van der Waals surface area contributed by atoms with E-state index in [0.29, 0.717) is 30.6 Å². The Morgan fingerprint density at radius 3 is 2.31 bits per heavy atom. The summed E-state index contributed by atoms with van der Waals surface area (Å²) >= 11 is 3.34. The molecule has 154 valence electrons. The summed E-state index contributed by atoms with van der Waals surface area (Å²) in [6, 6.07) is 5.02. The van der Waals surface area contributed by atoms with Gasteiger partial charge in [0.2, 0.25) is 0 Å². The summed E-state index contributed by atoms with van der Waals surface area (Å²) in [7, 11) is 0. The van der Waals surface area contributed by atoms with Crippen LogP contribution in [0.4, 0.5) is 4.79 Å². The molecule has 4 saturated carbocycles. The number of hydrogen-bond donors (Lipinski definition) is 2. The second-order valence-electron chi connectivity index (χ2n) is 9.38. The largest absolute Gasteiger partial charge is 0.338 e. The van der Waals surface area contributed by atoms with Gasteiger partial charge in [0, 0.05) is 23.1 Å². The number of nitrogens with zero attached hydrogens (tertiary/aromatic N) is 1. The fraction of sp³-hybridized carbons (Fsp3) is 0.591. The molecule has 1 aromatic carbocycles. The number of imide groups is 1. The van der Waals surface area contributed by atoms with Crippen molar-refractivity contribution in [2.24, 2.45) is 17.8 Å². The second kappa shape index (κ2) is 7.11. The number of hydrogen-bond acceptors (Lipinski definition) is 3. The van der Waals surface area contributed by atoms with Crippen LogP contribution in [-0.4, -0.2) is 41.4 Å². The quantitative estimate of drug-likeness (QED) is 0.520. The molecule has 7 heteroatoms. The molecule has 1 aliphatic heterocycles. The second-order valence-corrected chi connectivity index (χ2v) is 10.3. The number of rotatable bonds is 5. The van der Waals surface area contributed by atoms with E-state index >= 15 is 0 Å². The average Bonchev–Trinajstić information content (AvgIpc) is 2.87. The molecule has 1 heterocycles. The van der Waals surface area contributed by atoms with E-state index in [-0.39, 0.29) is 23.4 Å². The molecule has 0 spiro atoms. The first-order valence-electron chi connectivity index (χ1n) is 10.6. The zero-order valence-corrected chi connectivity index (χ0v) is 18.0. The molecule has 0 radical (unpaired) electrons. The zero-order chi connectivity index (χ0) is 20.2. The van der Waals surface area contributed by atoms with Gasteiger partial charge in [0.05, 0.1) is 11.1 Å². The van der Waals surface area contributed by atoms with Gasteiger partial charge in [-0.2, -0.15) is 0 Å². The maximum absolute atomic E-state index is 12.5. The van der Waals surface area contributed by atoms with Gasteiger partial charge in [-0.25, -0.2) is 4.79 Å². The molecule has 0 unspecified atom stereocenters. The van der Waals surface area contributed by atoms with Crippen LogP contribution in [0.3, 0.4) is 0 Å². The number of carbonyl (C=O) groups is 3. The summed E-state index contributed by atoms with van der Waals surface area (Å²) in [5.41, 5.74) is 0.886. The van der Waals surface area contributed by atoms with Gasteiger partial charge in [0.25, 0.3) is 11.8 Å². The Labute approximate surface area is 178 Å². The summed E-state index contributed by atoms with van der Waals surface area (Å²) in [5.74, 6) is 1.85. The third-order valence-corrected chi connectivity index (χ3v) is 7.69. The summed E-state index contributed by atoms with van der Waals surface area (Å²) in [6.07, 6.45) is 7.95. The molecular weight excluding hydrogens is 434 g/mol. The lowest BCUT2D eigenvalue weighted by molar-refractivity contribution is -0.0135. The van der Waals surface area contributed by atoms with Crippen LogP contribution >= 0.6 is 15.9 Å². The van der Waals surface area contributed by atoms with Crippen molar-refractivity contribution in [1.29, 1.82) is 0 Å². The number of halogens is 1. The fourth-order valence-electron chi connectivity index (χ4n) is 6.45. The number of urea groups is 1. The fourth-order valence-corrected chi connectivity index (χ4v) is 6.81. The highest BCUT2D eigenvalue weighted by molar-refractivity contribution is 9.10. The first kappa shape index (κ1) is 19.1. The van der Waals surface area contributed by atoms with Crippen LogP contribution in [0.5, 0.6) is 0 Å². The molecule has 6 rings (SSSR count). The molecule has 1 aromatic rings. The van der Waals surface area contributed by atoms with E-state index in [9.17, 15) is 14.4 Å². The van der Waals surface area contributed by atoms with E-state index in [1.54, 1.807) is 18.2 Å². The SMILES string of the molecule is O=C(NCCCN1C(=O)c2ccc(Br)cc2C1=O)NC12CC3CC(CC(C3)C1)C2. The Kier molecular flexibility index (Phi) is 4.68. The van der Waals surface area contributed by atoms with Crippen LogP contribution in [0.15, 0.2) is 22.7 Å². The van der Waals surface area contributed by atoms with E-state index in [0.717, 1.165) is 41.5 Å². The minimum absolute atomic E-state index is 0.00521. The van der Waals surface area contributed by atoms with Gasteiger partial charge in [-0.05, 0) is 80.9 Å². The highest BCUT2D eigenvalue weighted by Crippen LogP contribution is 2.55. The van der Waals surface area contributed by atoms with E-state index in [1.165, 1.54) is 24.2 Å². The van der Waals surface area contributed by atoms with Crippen LogP contribution in [0, 0.1) is 17.8 Å². The van der Waals surface area contributed by atoms with Crippen molar-refractivity contribution in [3.8, 4) is 0 Å². The zero-order valence-electron chi connectivity index (χ0n) is 16.4. The van der Waals surface area contributed by atoms with Gasteiger partial charge in [0.1, 0.15) is 0 Å². The highest BCUT2D eigenvalue weighted by Gasteiger charge is 2.51. The normalized spacial score (nSPS) is 31.9. The maximum Gasteiger partial charge on any atom is 0.315 e. The third-order valence-electron chi connectivity index (χ3n) is 7.19. The molecule has 4 fully saturated rings. The van der Waals surface area contributed by atoms with E-state index in [2.05, 4.69) is 26.6 Å². The molecule has 5 aliphatic rings. The van der Waals surface area contributed by atoms with Crippen LogP contribution in [0.1, 0.15) is 65.7 Å². The predicted molar refractivity (Wildman–Crippen MR) is 112 cm³/mol. The van der Waals surface area contributed by atoms with Gasteiger partial charge >= 0.3 is 6.03 Å². The lowest BCUT2D eigenvalue weighted by Gasteiger charge is -2.56. The molecule has 4 aliphatic carbocycles. The van der Waals surface area contributed by atoms with Crippen molar-refractivity contribution in [3.05, 3.63) is 33.8 Å². The Bertz CT molecular complexity index is 849. The Morgan fingerprint density at radius 1 is 1.03 bits per heavy atom. The number of nitrogens with one attached hydrogen (secondary N) is 2. The van der Waals surface area contributed by atoms with Crippen molar-refractivity contribution in [2.45, 2.75) is 50.5 Å². The lowest BCUT2D eigenvalue weighted by atomic mass is 9.53. The number of fused-ring (bicyclic) bond motifs is 1. The highest BCUT2D eigenvalue weighted by atomic mass is 79.9. The Balaban J connectivity index is 1.11. The standard InChI is InChI=1S/C22H26BrN3O3/c23-16-2-3-17-18(9-16)20(28)26(19(17)27)5-1-4-24-21(29)25-22-10-13-6-14(11-22)8-15(7-13)12-22/h2-3,9,13-15H,1,4-8,10-12H2,(H2,24,25,29). The van der Waals surface area contributed by atoms with Gasteiger partial charge in [0.15, 0.2) is 0 Å². The van der Waals surface area contributed by atoms with Gasteiger partial charge in [-0.3, -0.25) is 14.5 Å². The van der Waals surface area contributed by atoms with Crippen LogP contribution in [-0.2, 0) is 0 Å². The molecule has 0 saturated heterocycles. The van der Waals surface area contributed by atoms with Crippen molar-refractivity contribution in [2.75, 3.05) is 13.1 Å². The van der Waals surface area contributed by atoms with Gasteiger partial charge < -0.3 is 10.6 Å². The Hall–Kier alpha value is -1.89. The van der Waals surface area contributed by atoms with Crippen molar-refractivity contribution in [3.63, 3.8) is 0 Å². The first-order chi connectivity index (χ1) is 13.9. The Morgan fingerprint density at radius 2 is 1.66 bits per heavy atom. The van der Waals surface area contributed by atoms with E-state index in [4.69, 9.17) is 0 Å². The van der Waals surface area contributed by atoms with Crippen LogP contribution in [0.2, 0.25) is 0 Å². The predicted octanol–water partition coefficient (Wildman–Crippen LogP) is 3.70. The smallest absolute Gasteiger partial charge is 0.315 e. The van der Waals surface area contributed by atoms with Crippen LogP contribution in [0.25, 0.3) is 0 Å². The summed E-state index contributed by atoms with van der Waals surface area (Å²) in [6.45, 7) is 0.747. The molecule has 0 aromatic heterocycles. The molecule has 0 atom stereocenters. The average molecular weight is 460 g/mol. The monoisotopic (exact) mass is 459 g/mol. The minimum atomic E-state index is -0.260. The molecule has 4 amide bonds. The molecule has 4 bridgehead atoms. The maximum atomic E-state index is 12.5. The van der Waals surface area contributed by atoms with Crippen molar-refractivity contribution in [1.82, 2.24) is 15.5 Å². The number of amides is 4. The van der Waals surface area contributed by atoms with Gasteiger partial charge in [-0.15, -0.1) is 0 Å². The topological polar surface area (TPSA) is 78.5 Å². The minimum Gasteiger partial charge on any atom is -0.338 e. The summed E-state index contributed by atoms with van der Waals surface area (Å²) in [4.78, 5) is 38.7. The molecule has 2 N–H and O–H groups in total. The number of carbonyl (C=O) groups excluding carboxylic acids is 3. The van der Waals surface area contributed by atoms with E-state index < -0.39 is 0 Å². The molecule has 29 heavy (non-hydrogen) atoms. The summed E-state index contributed by atoms with van der Waals surface area (Å²) in [5, 5.41) is 6.22. The van der Waals surface area contributed by atoms with Crippen molar-refractivity contribution >= 4 is 33.8 Å². The summed E-state index contributed by atoms with van der Waals surface area (Å²) < 4.78 is 0.780.